The summed E-state index contributed by atoms with van der Waals surface area (Å²) in [5.41, 5.74) is 3.38. The second-order valence-electron chi connectivity index (χ2n) is 5.31. The number of benzene rings is 1. The monoisotopic (exact) mass is 306 g/mol. The Balaban J connectivity index is 2.44. The summed E-state index contributed by atoms with van der Waals surface area (Å²) in [7, 11) is 6.04. The highest BCUT2D eigenvalue weighted by molar-refractivity contribution is 6.31. The van der Waals surface area contributed by atoms with Crippen molar-refractivity contribution >= 4 is 17.3 Å². The zero-order valence-electron chi connectivity index (χ0n) is 13.1. The zero-order chi connectivity index (χ0) is 15.4. The third-order valence-corrected chi connectivity index (χ3v) is 3.84. The maximum absolute atomic E-state index is 6.37. The Hall–Kier alpha value is -1.52. The predicted molar refractivity (Wildman–Crippen MR) is 89.2 cm³/mol. The van der Waals surface area contributed by atoms with E-state index in [1.807, 2.05) is 25.8 Å². The van der Waals surface area contributed by atoms with E-state index in [1.165, 1.54) is 11.3 Å². The number of rotatable bonds is 6. The van der Waals surface area contributed by atoms with E-state index in [1.54, 1.807) is 6.20 Å². The van der Waals surface area contributed by atoms with Crippen LogP contribution in [0.4, 0.5) is 5.69 Å². The van der Waals surface area contributed by atoms with Gasteiger partial charge in [-0.1, -0.05) is 30.7 Å². The van der Waals surface area contributed by atoms with Gasteiger partial charge in [-0.3, -0.25) is 4.68 Å². The van der Waals surface area contributed by atoms with Crippen molar-refractivity contribution in [3.63, 3.8) is 0 Å². The number of hydrogen-bond acceptors (Lipinski definition) is 3. The summed E-state index contributed by atoms with van der Waals surface area (Å²) in [6, 6.07) is 8.51. The molecule has 0 radical (unpaired) electrons. The molecule has 1 atom stereocenters. The second-order valence-corrected chi connectivity index (χ2v) is 5.72. The van der Waals surface area contributed by atoms with Crippen molar-refractivity contribution in [1.82, 2.24) is 15.1 Å². The van der Waals surface area contributed by atoms with Crippen molar-refractivity contribution in [1.29, 1.82) is 0 Å². The highest BCUT2D eigenvalue weighted by atomic mass is 35.5. The minimum Gasteiger partial charge on any atom is -0.378 e. The zero-order valence-corrected chi connectivity index (χ0v) is 13.9. The molecule has 0 saturated carbocycles. The minimum absolute atomic E-state index is 0.0337. The van der Waals surface area contributed by atoms with Crippen molar-refractivity contribution in [2.24, 2.45) is 0 Å². The molecular formula is C16H23ClN4. The minimum atomic E-state index is 0.0337. The molecule has 21 heavy (non-hydrogen) atoms. The van der Waals surface area contributed by atoms with E-state index in [4.69, 9.17) is 11.6 Å². The predicted octanol–water partition coefficient (Wildman–Crippen LogP) is 3.32. The summed E-state index contributed by atoms with van der Waals surface area (Å²) in [5.74, 6) is 0. The van der Waals surface area contributed by atoms with E-state index in [0.717, 1.165) is 18.7 Å². The quantitative estimate of drug-likeness (QED) is 0.889. The van der Waals surface area contributed by atoms with E-state index >= 15 is 0 Å². The summed E-state index contributed by atoms with van der Waals surface area (Å²) in [6.07, 6.45) is 2.76. The molecule has 1 aromatic carbocycles. The van der Waals surface area contributed by atoms with Crippen molar-refractivity contribution in [2.45, 2.75) is 25.9 Å². The van der Waals surface area contributed by atoms with E-state index in [-0.39, 0.29) is 6.04 Å². The molecule has 0 bridgehead atoms. The molecule has 1 unspecified atom stereocenters. The van der Waals surface area contributed by atoms with Crippen LogP contribution in [0.2, 0.25) is 5.02 Å². The van der Waals surface area contributed by atoms with Crippen LogP contribution in [0.1, 0.15) is 30.6 Å². The smallest absolute Gasteiger partial charge is 0.0837 e. The molecule has 0 amide bonds. The Morgan fingerprint density at radius 1 is 1.38 bits per heavy atom. The standard InChI is InChI=1S/C16H23ClN4/c1-5-9-21-16(14(17)11-19-21)15(18-2)12-7-6-8-13(10-12)20(3)4/h6-8,10-11,15,18H,5,9H2,1-4H3. The molecule has 1 aromatic heterocycles. The van der Waals surface area contributed by atoms with Gasteiger partial charge in [-0.05, 0) is 31.2 Å². The van der Waals surface area contributed by atoms with Gasteiger partial charge in [-0.15, -0.1) is 0 Å². The van der Waals surface area contributed by atoms with Crippen molar-refractivity contribution in [2.75, 3.05) is 26.0 Å². The molecule has 4 nitrogen and oxygen atoms in total. The largest absolute Gasteiger partial charge is 0.378 e. The first-order chi connectivity index (χ1) is 10.1. The molecule has 0 aliphatic heterocycles. The molecule has 2 aromatic rings. The van der Waals surface area contributed by atoms with Crippen LogP contribution in [0.25, 0.3) is 0 Å². The van der Waals surface area contributed by atoms with Crippen LogP contribution in [0.15, 0.2) is 30.5 Å². The third kappa shape index (κ3) is 3.39. The Labute approximate surface area is 131 Å². The molecule has 1 heterocycles. The number of halogens is 1. The molecule has 1 N–H and O–H groups in total. The van der Waals surface area contributed by atoms with Gasteiger partial charge in [0.05, 0.1) is 23.0 Å². The molecule has 0 fully saturated rings. The first-order valence-electron chi connectivity index (χ1n) is 7.24. The Kier molecular flexibility index (Phi) is 5.26. The van der Waals surface area contributed by atoms with Gasteiger partial charge in [0.25, 0.3) is 0 Å². The van der Waals surface area contributed by atoms with Crippen molar-refractivity contribution in [3.8, 4) is 0 Å². The van der Waals surface area contributed by atoms with Crippen molar-refractivity contribution < 1.29 is 0 Å². The van der Waals surface area contributed by atoms with Crippen LogP contribution in [-0.2, 0) is 6.54 Å². The summed E-state index contributed by atoms with van der Waals surface area (Å²) in [4.78, 5) is 2.10. The molecule has 2 rings (SSSR count). The second kappa shape index (κ2) is 6.96. The van der Waals surface area contributed by atoms with Crippen LogP contribution >= 0.6 is 11.6 Å². The molecule has 0 saturated heterocycles. The summed E-state index contributed by atoms with van der Waals surface area (Å²) in [5, 5.41) is 8.46. The van der Waals surface area contributed by atoms with Gasteiger partial charge < -0.3 is 10.2 Å². The number of aromatic nitrogens is 2. The highest BCUT2D eigenvalue weighted by Gasteiger charge is 2.21. The van der Waals surface area contributed by atoms with E-state index in [9.17, 15) is 0 Å². The summed E-state index contributed by atoms with van der Waals surface area (Å²) < 4.78 is 1.99. The van der Waals surface area contributed by atoms with Gasteiger partial charge in [0.2, 0.25) is 0 Å². The van der Waals surface area contributed by atoms with Gasteiger partial charge in [-0.2, -0.15) is 5.10 Å². The van der Waals surface area contributed by atoms with Crippen LogP contribution in [0, 0.1) is 0 Å². The van der Waals surface area contributed by atoms with Crippen LogP contribution in [0.3, 0.4) is 0 Å². The maximum atomic E-state index is 6.37. The number of nitrogens with one attached hydrogen (secondary N) is 1. The number of aryl methyl sites for hydroxylation is 1. The maximum Gasteiger partial charge on any atom is 0.0837 e. The third-order valence-electron chi connectivity index (χ3n) is 3.55. The van der Waals surface area contributed by atoms with Crippen LogP contribution in [-0.4, -0.2) is 30.9 Å². The Morgan fingerprint density at radius 3 is 2.76 bits per heavy atom. The first-order valence-corrected chi connectivity index (χ1v) is 7.62. The highest BCUT2D eigenvalue weighted by Crippen LogP contribution is 2.30. The van der Waals surface area contributed by atoms with E-state index in [0.29, 0.717) is 5.02 Å². The lowest BCUT2D eigenvalue weighted by atomic mass is 10.0. The molecule has 0 aliphatic carbocycles. The van der Waals surface area contributed by atoms with Gasteiger partial charge >= 0.3 is 0 Å². The van der Waals surface area contributed by atoms with Gasteiger partial charge in [0.1, 0.15) is 0 Å². The topological polar surface area (TPSA) is 33.1 Å². The lowest BCUT2D eigenvalue weighted by Crippen LogP contribution is -2.22. The lowest BCUT2D eigenvalue weighted by Gasteiger charge is -2.21. The van der Waals surface area contributed by atoms with E-state index in [2.05, 4.69) is 46.5 Å². The average molecular weight is 307 g/mol. The molecule has 5 heteroatoms. The average Bonchev–Trinajstić information content (AvgIpc) is 2.82. The number of hydrogen-bond donors (Lipinski definition) is 1. The van der Waals surface area contributed by atoms with E-state index < -0.39 is 0 Å². The molecule has 0 aliphatic rings. The fourth-order valence-electron chi connectivity index (χ4n) is 2.49. The number of anilines is 1. The normalized spacial score (nSPS) is 12.4. The molecule has 0 spiro atoms. The molecular weight excluding hydrogens is 284 g/mol. The Bertz CT molecular complexity index is 592. The van der Waals surface area contributed by atoms with Crippen LogP contribution < -0.4 is 10.2 Å². The van der Waals surface area contributed by atoms with Gasteiger partial charge in [-0.25, -0.2) is 0 Å². The summed E-state index contributed by atoms with van der Waals surface area (Å²) >= 11 is 6.37. The SMILES string of the molecule is CCCn1ncc(Cl)c1C(NC)c1cccc(N(C)C)c1. The van der Waals surface area contributed by atoms with Crippen LogP contribution in [0.5, 0.6) is 0 Å². The summed E-state index contributed by atoms with van der Waals surface area (Å²) in [6.45, 7) is 3.01. The first kappa shape index (κ1) is 15.9. The molecule has 114 valence electrons. The van der Waals surface area contributed by atoms with Gasteiger partial charge in [0.15, 0.2) is 0 Å². The fourth-order valence-corrected chi connectivity index (χ4v) is 2.74. The number of nitrogens with zero attached hydrogens (tertiary/aromatic N) is 3. The van der Waals surface area contributed by atoms with Crippen molar-refractivity contribution in [3.05, 3.63) is 46.7 Å². The Morgan fingerprint density at radius 2 is 2.14 bits per heavy atom. The fraction of sp³-hybridized carbons (Fsp3) is 0.438. The van der Waals surface area contributed by atoms with Gasteiger partial charge in [0, 0.05) is 26.3 Å². The lowest BCUT2D eigenvalue weighted by molar-refractivity contribution is 0.535.